The summed E-state index contributed by atoms with van der Waals surface area (Å²) in [5.74, 6) is 0.794. The van der Waals surface area contributed by atoms with Crippen LogP contribution in [-0.4, -0.2) is 47.8 Å². The van der Waals surface area contributed by atoms with Crippen LogP contribution in [0.2, 0.25) is 0 Å². The molecular formula is C22H25N3O4. The summed E-state index contributed by atoms with van der Waals surface area (Å²) in [5.41, 5.74) is 3.69. The van der Waals surface area contributed by atoms with E-state index in [1.165, 1.54) is 0 Å². The molecule has 1 saturated heterocycles. The van der Waals surface area contributed by atoms with E-state index < -0.39 is 5.60 Å². The lowest BCUT2D eigenvalue weighted by atomic mass is 9.96. The summed E-state index contributed by atoms with van der Waals surface area (Å²) in [6.07, 6.45) is 4.89. The normalized spacial score (nSPS) is 19.0. The minimum atomic E-state index is -0.574. The number of hydrogen-bond acceptors (Lipinski definition) is 6. The van der Waals surface area contributed by atoms with Crippen LogP contribution in [0.5, 0.6) is 5.75 Å². The molecule has 0 radical (unpaired) electrons. The molecule has 0 unspecified atom stereocenters. The van der Waals surface area contributed by atoms with Crippen LogP contribution < -0.4 is 4.74 Å². The molecule has 3 aromatic heterocycles. The van der Waals surface area contributed by atoms with Gasteiger partial charge >= 0.3 is 0 Å². The minimum absolute atomic E-state index is 0.0828. The van der Waals surface area contributed by atoms with Crippen LogP contribution in [0.25, 0.3) is 22.2 Å². The maximum Gasteiger partial charge on any atom is 0.135 e. The number of ketones is 1. The Kier molecular flexibility index (Phi) is 5.10. The summed E-state index contributed by atoms with van der Waals surface area (Å²) in [6.45, 7) is 2.67. The number of ether oxygens (including phenoxy) is 3. The molecule has 3 aromatic rings. The molecule has 4 heterocycles. The van der Waals surface area contributed by atoms with Gasteiger partial charge < -0.3 is 18.8 Å². The minimum Gasteiger partial charge on any atom is -0.497 e. The van der Waals surface area contributed by atoms with E-state index in [1.807, 2.05) is 36.0 Å². The molecule has 0 spiro atoms. The highest BCUT2D eigenvalue weighted by atomic mass is 16.5. The number of nitrogens with zero attached hydrogens (tertiary/aromatic N) is 3. The number of carbonyl (C=O) groups excluding carboxylic acids is 1. The molecule has 1 aliphatic heterocycles. The van der Waals surface area contributed by atoms with E-state index in [0.29, 0.717) is 25.4 Å². The smallest absolute Gasteiger partial charge is 0.135 e. The third-order valence-corrected chi connectivity index (χ3v) is 5.52. The van der Waals surface area contributed by atoms with Gasteiger partial charge in [-0.25, -0.2) is 4.98 Å². The van der Waals surface area contributed by atoms with Crippen molar-refractivity contribution >= 4 is 16.7 Å². The lowest BCUT2D eigenvalue weighted by Crippen LogP contribution is -2.30. The van der Waals surface area contributed by atoms with Crippen LogP contribution in [0.4, 0.5) is 0 Å². The summed E-state index contributed by atoms with van der Waals surface area (Å²) in [4.78, 5) is 20.9. The lowest BCUT2D eigenvalue weighted by molar-refractivity contribution is -0.116. The number of carbonyl (C=O) groups is 1. The van der Waals surface area contributed by atoms with Crippen LogP contribution >= 0.6 is 0 Å². The van der Waals surface area contributed by atoms with Gasteiger partial charge in [0, 0.05) is 68.6 Å². The van der Waals surface area contributed by atoms with Gasteiger partial charge in [0.2, 0.25) is 0 Å². The highest BCUT2D eigenvalue weighted by Gasteiger charge is 2.39. The largest absolute Gasteiger partial charge is 0.497 e. The number of pyridine rings is 2. The second-order valence-corrected chi connectivity index (χ2v) is 7.50. The number of rotatable bonds is 6. The van der Waals surface area contributed by atoms with E-state index >= 15 is 0 Å². The summed E-state index contributed by atoms with van der Waals surface area (Å²) >= 11 is 0. The Morgan fingerprint density at radius 1 is 1.31 bits per heavy atom. The van der Waals surface area contributed by atoms with Crippen molar-refractivity contribution in [2.24, 2.45) is 7.05 Å². The van der Waals surface area contributed by atoms with Crippen LogP contribution in [0.15, 0.2) is 30.6 Å². The second kappa shape index (κ2) is 7.57. The van der Waals surface area contributed by atoms with Gasteiger partial charge in [0.25, 0.3) is 0 Å². The molecule has 7 heteroatoms. The zero-order chi connectivity index (χ0) is 20.6. The quantitative estimate of drug-likeness (QED) is 0.639. The molecular weight excluding hydrogens is 370 g/mol. The predicted molar refractivity (Wildman–Crippen MR) is 109 cm³/mol. The van der Waals surface area contributed by atoms with Gasteiger partial charge in [-0.1, -0.05) is 0 Å². The third-order valence-electron chi connectivity index (χ3n) is 5.52. The number of aryl methyl sites for hydroxylation is 1. The maximum absolute atomic E-state index is 11.6. The van der Waals surface area contributed by atoms with Gasteiger partial charge in [0.1, 0.15) is 17.1 Å². The predicted octanol–water partition coefficient (Wildman–Crippen LogP) is 3.04. The first-order valence-electron chi connectivity index (χ1n) is 9.59. The Bertz CT molecular complexity index is 1070. The molecule has 1 aliphatic rings. The standard InChI is InChI=1S/C22H25N3O4/c1-14(26)7-15-8-17-18(12-25(2)20(17)11-23-15)19-9-16(27-3)10-21(24-19)22(28-4)5-6-29-13-22/h8-12H,5-7,13H2,1-4H3/t22-/m1/s1. The van der Waals surface area contributed by atoms with Gasteiger partial charge in [-0.3, -0.25) is 9.78 Å². The van der Waals surface area contributed by atoms with Gasteiger partial charge in [-0.2, -0.15) is 0 Å². The first-order chi connectivity index (χ1) is 14.0. The summed E-state index contributed by atoms with van der Waals surface area (Å²) in [7, 11) is 5.30. The van der Waals surface area contributed by atoms with Gasteiger partial charge in [-0.05, 0) is 13.0 Å². The average molecular weight is 395 g/mol. The number of Topliss-reactive ketones (excluding diaryl/α,β-unsaturated/α-hetero) is 1. The Labute approximate surface area is 169 Å². The van der Waals surface area contributed by atoms with Crippen molar-refractivity contribution in [3.8, 4) is 17.0 Å². The molecule has 4 rings (SSSR count). The molecule has 152 valence electrons. The van der Waals surface area contributed by atoms with Crippen LogP contribution in [0, 0.1) is 0 Å². The Balaban J connectivity index is 1.89. The number of methoxy groups -OCH3 is 2. The van der Waals surface area contributed by atoms with E-state index in [2.05, 4.69) is 4.98 Å². The topological polar surface area (TPSA) is 75.5 Å². The monoisotopic (exact) mass is 395 g/mol. The van der Waals surface area contributed by atoms with Crippen molar-refractivity contribution < 1.29 is 19.0 Å². The highest BCUT2D eigenvalue weighted by Crippen LogP contribution is 2.37. The van der Waals surface area contributed by atoms with E-state index in [1.54, 1.807) is 27.3 Å². The fraction of sp³-hybridized carbons (Fsp3) is 0.409. The fourth-order valence-corrected chi connectivity index (χ4v) is 3.89. The molecule has 0 amide bonds. The SMILES string of the molecule is COc1cc(-c2cn(C)c3cnc(CC(C)=O)cc23)nc([C@@]2(OC)CCOC2)c1. The molecule has 0 aromatic carbocycles. The zero-order valence-corrected chi connectivity index (χ0v) is 17.2. The van der Waals surface area contributed by atoms with Crippen molar-refractivity contribution in [2.45, 2.75) is 25.4 Å². The fourth-order valence-electron chi connectivity index (χ4n) is 3.89. The first-order valence-corrected chi connectivity index (χ1v) is 9.59. The van der Waals surface area contributed by atoms with Crippen molar-refractivity contribution in [1.29, 1.82) is 0 Å². The first kappa shape index (κ1) is 19.5. The Morgan fingerprint density at radius 2 is 2.14 bits per heavy atom. The number of fused-ring (bicyclic) bond motifs is 1. The summed E-state index contributed by atoms with van der Waals surface area (Å²) in [5, 5.41) is 1.000. The molecule has 0 N–H and O–H groups in total. The van der Waals surface area contributed by atoms with Crippen LogP contribution in [0.3, 0.4) is 0 Å². The third kappa shape index (κ3) is 3.52. The van der Waals surface area contributed by atoms with Gasteiger partial charge in [0.05, 0.1) is 36.8 Å². The molecule has 1 fully saturated rings. The van der Waals surface area contributed by atoms with E-state index in [0.717, 1.165) is 40.0 Å². The van der Waals surface area contributed by atoms with E-state index in [9.17, 15) is 4.79 Å². The van der Waals surface area contributed by atoms with E-state index in [-0.39, 0.29) is 5.78 Å². The summed E-state index contributed by atoms with van der Waals surface area (Å²) < 4.78 is 19.0. The molecule has 0 bridgehead atoms. The highest BCUT2D eigenvalue weighted by molar-refractivity contribution is 5.95. The van der Waals surface area contributed by atoms with Crippen LogP contribution in [-0.2, 0) is 33.3 Å². The van der Waals surface area contributed by atoms with Gasteiger partial charge in [0.15, 0.2) is 0 Å². The second-order valence-electron chi connectivity index (χ2n) is 7.50. The average Bonchev–Trinajstić information content (AvgIpc) is 3.33. The lowest BCUT2D eigenvalue weighted by Gasteiger charge is -2.26. The molecule has 7 nitrogen and oxygen atoms in total. The van der Waals surface area contributed by atoms with E-state index in [4.69, 9.17) is 19.2 Å². The van der Waals surface area contributed by atoms with Gasteiger partial charge in [-0.15, -0.1) is 0 Å². The summed E-state index contributed by atoms with van der Waals surface area (Å²) in [6, 6.07) is 5.80. The zero-order valence-electron chi connectivity index (χ0n) is 17.2. The Hall–Kier alpha value is -2.77. The Morgan fingerprint density at radius 3 is 2.79 bits per heavy atom. The number of hydrogen-bond donors (Lipinski definition) is 0. The molecule has 1 atom stereocenters. The van der Waals surface area contributed by atoms with Crippen molar-refractivity contribution in [3.63, 3.8) is 0 Å². The number of aromatic nitrogens is 3. The van der Waals surface area contributed by atoms with Crippen molar-refractivity contribution in [3.05, 3.63) is 42.0 Å². The van der Waals surface area contributed by atoms with Crippen molar-refractivity contribution in [2.75, 3.05) is 27.4 Å². The van der Waals surface area contributed by atoms with Crippen molar-refractivity contribution in [1.82, 2.24) is 14.5 Å². The van der Waals surface area contributed by atoms with Crippen LogP contribution in [0.1, 0.15) is 24.7 Å². The molecule has 0 saturated carbocycles. The molecule has 29 heavy (non-hydrogen) atoms. The maximum atomic E-state index is 11.6. The molecule has 0 aliphatic carbocycles.